The second-order valence-electron chi connectivity index (χ2n) is 24.9. The highest BCUT2D eigenvalue weighted by Gasteiger charge is 2.38. The number of nitriles is 3. The van der Waals surface area contributed by atoms with Crippen molar-refractivity contribution in [1.29, 1.82) is 15.8 Å². The summed E-state index contributed by atoms with van der Waals surface area (Å²) in [5.41, 5.74) is 21.6. The minimum absolute atomic E-state index is 0.0663. The first-order valence-electron chi connectivity index (χ1n) is 31.3. The highest BCUT2D eigenvalue weighted by molar-refractivity contribution is 6.16. The first-order valence-corrected chi connectivity index (χ1v) is 31.3. The number of halogens is 3. The number of para-hydroxylation sites is 8. The van der Waals surface area contributed by atoms with Crippen LogP contribution in [0.15, 0.2) is 218 Å². The number of aryl methyl sites for hydroxylation is 8. The number of rotatable bonds is 6. The highest BCUT2D eigenvalue weighted by atomic mass is 19.4. The first-order chi connectivity index (χ1) is 45.5. The highest BCUT2D eigenvalue weighted by Crippen LogP contribution is 2.49. The molecule has 16 aromatic rings. The standard InChI is InChI=1S/C42H30F3N3.C42H30N4/c1-24-10-5-16-31-32-17-6-11-25(2)38(32)47(37(24)31)36-22-30(29-15-9-14-28(20-29)23-46)21-35(42(43,44)45)41(36)48-39-26(3)12-7-18-33(39)34-19-8-13-27(4)40(34)48;1-25-10-5-16-33-34-17-6-11-26(2)39(34)45(38(25)33)37-22-31(30-15-9-14-29(20-30)23-43)21-32(24-44)42(37)46-40-27(3)12-7-18-35(40)36-19-8-13-28(4)41(36)46/h5-22H,1-4H3;5-22H,1-4H3. The Morgan fingerprint density at radius 2 is 0.543 bits per heavy atom. The predicted molar refractivity (Wildman–Crippen MR) is 378 cm³/mol. The Balaban J connectivity index is 0.000000155. The van der Waals surface area contributed by atoms with E-state index in [4.69, 9.17) is 0 Å². The molecule has 10 heteroatoms. The second-order valence-corrected chi connectivity index (χ2v) is 24.9. The number of fused-ring (bicyclic) bond motifs is 12. The Morgan fingerprint density at radius 1 is 0.277 bits per heavy atom. The molecule has 0 unspecified atom stereocenters. The average molecular weight is 1220 g/mol. The van der Waals surface area contributed by atoms with Gasteiger partial charge in [-0.05, 0) is 171 Å². The van der Waals surface area contributed by atoms with Gasteiger partial charge >= 0.3 is 6.18 Å². The van der Waals surface area contributed by atoms with Crippen molar-refractivity contribution < 1.29 is 13.2 Å². The van der Waals surface area contributed by atoms with E-state index in [-0.39, 0.29) is 5.69 Å². The number of alkyl halides is 3. The third-order valence-electron chi connectivity index (χ3n) is 19.0. The zero-order valence-electron chi connectivity index (χ0n) is 53.0. The maximum Gasteiger partial charge on any atom is 0.418 e. The summed E-state index contributed by atoms with van der Waals surface area (Å²) in [6, 6.07) is 78.5. The molecule has 94 heavy (non-hydrogen) atoms. The van der Waals surface area contributed by atoms with Gasteiger partial charge in [0.25, 0.3) is 0 Å². The normalized spacial score (nSPS) is 11.7. The van der Waals surface area contributed by atoms with Crippen LogP contribution in [0.1, 0.15) is 66.8 Å². The lowest BCUT2D eigenvalue weighted by atomic mass is 9.97. The van der Waals surface area contributed by atoms with Gasteiger partial charge in [-0.1, -0.05) is 170 Å². The van der Waals surface area contributed by atoms with E-state index < -0.39 is 11.7 Å². The molecule has 0 aliphatic rings. The molecule has 0 atom stereocenters. The molecule has 0 aliphatic heterocycles. The summed E-state index contributed by atoms with van der Waals surface area (Å²) in [5, 5.41) is 38.8. The van der Waals surface area contributed by atoms with Crippen LogP contribution < -0.4 is 0 Å². The van der Waals surface area contributed by atoms with Gasteiger partial charge in [0.15, 0.2) is 0 Å². The van der Waals surface area contributed by atoms with Crippen LogP contribution >= 0.6 is 0 Å². The summed E-state index contributed by atoms with van der Waals surface area (Å²) in [6.45, 7) is 16.5. The van der Waals surface area contributed by atoms with Gasteiger partial charge in [-0.15, -0.1) is 0 Å². The van der Waals surface area contributed by atoms with Crippen LogP contribution in [-0.2, 0) is 6.18 Å². The summed E-state index contributed by atoms with van der Waals surface area (Å²) >= 11 is 0. The Labute approximate surface area is 541 Å². The van der Waals surface area contributed by atoms with E-state index in [1.54, 1.807) is 24.3 Å². The van der Waals surface area contributed by atoms with Crippen molar-refractivity contribution in [3.63, 3.8) is 0 Å². The molecule has 0 fully saturated rings. The molecular formula is C84H60F3N7. The topological polar surface area (TPSA) is 91.1 Å². The SMILES string of the molecule is Cc1cccc2c3cccc(C)c3n(-c3cc(-c4cccc(C#N)c4)cc(C#N)c3-n3c4c(C)cccc4c4cccc(C)c43)c12.Cc1cccc2c3cccc(C)c3n(-c3cc(-c4cccc(C#N)c4)cc(C(F)(F)F)c3-n3c4c(C)cccc4c4cccc(C)c43)c12. The van der Waals surface area contributed by atoms with Crippen LogP contribution in [0, 0.1) is 89.4 Å². The molecule has 452 valence electrons. The van der Waals surface area contributed by atoms with E-state index in [1.165, 1.54) is 16.8 Å². The number of nitrogens with zero attached hydrogens (tertiary/aromatic N) is 7. The van der Waals surface area contributed by atoms with Crippen LogP contribution in [0.3, 0.4) is 0 Å². The first kappa shape index (κ1) is 58.5. The van der Waals surface area contributed by atoms with Gasteiger partial charge in [-0.2, -0.15) is 29.0 Å². The fraction of sp³-hybridized carbons (Fsp3) is 0.107. The molecule has 0 aliphatic carbocycles. The fourth-order valence-electron chi connectivity index (χ4n) is 15.0. The van der Waals surface area contributed by atoms with Gasteiger partial charge in [-0.3, -0.25) is 0 Å². The van der Waals surface area contributed by atoms with Crippen molar-refractivity contribution in [2.45, 2.75) is 61.6 Å². The molecule has 12 aromatic carbocycles. The van der Waals surface area contributed by atoms with E-state index in [9.17, 15) is 15.8 Å². The van der Waals surface area contributed by atoms with E-state index >= 15 is 13.2 Å². The molecule has 4 heterocycles. The van der Waals surface area contributed by atoms with E-state index in [0.29, 0.717) is 33.5 Å². The molecule has 16 rings (SSSR count). The summed E-state index contributed by atoms with van der Waals surface area (Å²) in [4.78, 5) is 0. The van der Waals surface area contributed by atoms with Gasteiger partial charge in [0.1, 0.15) is 6.07 Å². The third kappa shape index (κ3) is 8.99. The van der Waals surface area contributed by atoms with Gasteiger partial charge in [0, 0.05) is 43.1 Å². The Kier molecular flexibility index (Phi) is 13.8. The van der Waals surface area contributed by atoms with Crippen LogP contribution in [0.25, 0.3) is 132 Å². The monoisotopic (exact) mass is 1220 g/mol. The summed E-state index contributed by atoms with van der Waals surface area (Å²) in [6.07, 6.45) is -4.72. The Bertz CT molecular complexity index is 5820. The summed E-state index contributed by atoms with van der Waals surface area (Å²) < 4.78 is 56.0. The molecule has 0 radical (unpaired) electrons. The largest absolute Gasteiger partial charge is 0.418 e. The number of hydrogen-bond donors (Lipinski definition) is 0. The lowest BCUT2D eigenvalue weighted by molar-refractivity contribution is -0.137. The van der Waals surface area contributed by atoms with Gasteiger partial charge in [0.05, 0.1) is 101 Å². The Hall–Kier alpha value is -11.9. The maximum atomic E-state index is 15.8. The van der Waals surface area contributed by atoms with Crippen molar-refractivity contribution in [3.8, 4) is 63.2 Å². The summed E-state index contributed by atoms with van der Waals surface area (Å²) in [5.74, 6) is 0. The van der Waals surface area contributed by atoms with Gasteiger partial charge in [0.2, 0.25) is 0 Å². The van der Waals surface area contributed by atoms with Gasteiger partial charge in [-0.25, -0.2) is 0 Å². The van der Waals surface area contributed by atoms with Crippen LogP contribution in [-0.4, -0.2) is 18.3 Å². The smallest absolute Gasteiger partial charge is 0.307 e. The van der Waals surface area contributed by atoms with E-state index in [0.717, 1.165) is 143 Å². The quantitative estimate of drug-likeness (QED) is 0.166. The van der Waals surface area contributed by atoms with Crippen molar-refractivity contribution in [3.05, 3.63) is 285 Å². The minimum Gasteiger partial charge on any atom is -0.307 e. The lowest BCUT2D eigenvalue weighted by Gasteiger charge is -2.24. The maximum absolute atomic E-state index is 15.8. The zero-order chi connectivity index (χ0) is 65.2. The zero-order valence-corrected chi connectivity index (χ0v) is 53.0. The molecule has 0 bridgehead atoms. The average Bonchev–Trinajstić information content (AvgIpc) is 1.49. The molecule has 7 nitrogen and oxygen atoms in total. The molecule has 0 N–H and O–H groups in total. The van der Waals surface area contributed by atoms with E-state index in [1.807, 2.05) is 146 Å². The number of hydrogen-bond acceptors (Lipinski definition) is 3. The van der Waals surface area contributed by atoms with Crippen molar-refractivity contribution >= 4 is 87.2 Å². The molecule has 0 amide bonds. The third-order valence-corrected chi connectivity index (χ3v) is 19.0. The molecule has 0 saturated heterocycles. The van der Waals surface area contributed by atoms with Gasteiger partial charge < -0.3 is 18.3 Å². The predicted octanol–water partition coefficient (Wildman–Crippen LogP) is 22.2. The lowest BCUT2D eigenvalue weighted by Crippen LogP contribution is -2.15. The van der Waals surface area contributed by atoms with Crippen LogP contribution in [0.5, 0.6) is 0 Å². The molecule has 0 saturated carbocycles. The van der Waals surface area contributed by atoms with E-state index in [2.05, 4.69) is 134 Å². The second kappa shape index (κ2) is 22.2. The molecule has 4 aromatic heterocycles. The summed E-state index contributed by atoms with van der Waals surface area (Å²) in [7, 11) is 0. The number of aromatic nitrogens is 4. The number of benzene rings is 12. The fourth-order valence-corrected chi connectivity index (χ4v) is 15.0. The minimum atomic E-state index is -4.72. The van der Waals surface area contributed by atoms with Crippen molar-refractivity contribution in [1.82, 2.24) is 18.3 Å². The Morgan fingerprint density at radius 3 is 0.830 bits per heavy atom. The molecule has 0 spiro atoms. The van der Waals surface area contributed by atoms with Crippen molar-refractivity contribution in [2.75, 3.05) is 0 Å². The van der Waals surface area contributed by atoms with Crippen molar-refractivity contribution in [2.24, 2.45) is 0 Å². The van der Waals surface area contributed by atoms with Crippen LogP contribution in [0.2, 0.25) is 0 Å². The molecular weight excluding hydrogens is 1160 g/mol. The van der Waals surface area contributed by atoms with Crippen LogP contribution in [0.4, 0.5) is 13.2 Å².